The second-order valence-electron chi connectivity index (χ2n) is 7.37. The van der Waals surface area contributed by atoms with Crippen LogP contribution < -0.4 is 16.0 Å². The smallest absolute Gasteiger partial charge is 0.407 e. The number of alkyl carbamates (subject to hydrolysis) is 1. The number of hydrogen-bond donors (Lipinski definition) is 3. The van der Waals surface area contributed by atoms with E-state index in [9.17, 15) is 9.59 Å². The lowest BCUT2D eigenvalue weighted by Gasteiger charge is -2.19. The van der Waals surface area contributed by atoms with E-state index in [1.165, 1.54) is 0 Å². The number of ether oxygens (including phenoxy) is 1. The van der Waals surface area contributed by atoms with Crippen molar-refractivity contribution in [2.24, 2.45) is 4.99 Å². The summed E-state index contributed by atoms with van der Waals surface area (Å²) < 4.78 is 5.19. The highest BCUT2D eigenvalue weighted by Crippen LogP contribution is 2.10. The van der Waals surface area contributed by atoms with Crippen LogP contribution in [0.5, 0.6) is 0 Å². The molecule has 1 aliphatic heterocycles. The van der Waals surface area contributed by atoms with Gasteiger partial charge in [-0.2, -0.15) is 0 Å². The number of halogens is 1. The lowest BCUT2D eigenvalue weighted by Crippen LogP contribution is -2.45. The summed E-state index contributed by atoms with van der Waals surface area (Å²) in [5.74, 6) is 0.949. The van der Waals surface area contributed by atoms with Crippen LogP contribution in [0.3, 0.4) is 0 Å². The van der Waals surface area contributed by atoms with Crippen molar-refractivity contribution in [3.63, 3.8) is 0 Å². The lowest BCUT2D eigenvalue weighted by molar-refractivity contribution is -0.129. The van der Waals surface area contributed by atoms with Crippen molar-refractivity contribution in [3.05, 3.63) is 0 Å². The van der Waals surface area contributed by atoms with Crippen molar-refractivity contribution < 1.29 is 14.3 Å². The molecule has 9 heteroatoms. The maximum atomic E-state index is 11.8. The van der Waals surface area contributed by atoms with E-state index in [2.05, 4.69) is 20.9 Å². The summed E-state index contributed by atoms with van der Waals surface area (Å²) in [7, 11) is 0. The van der Waals surface area contributed by atoms with Crippen LogP contribution in [0.15, 0.2) is 4.99 Å². The Kier molecular flexibility index (Phi) is 12.4. The lowest BCUT2D eigenvalue weighted by atomic mass is 10.2. The summed E-state index contributed by atoms with van der Waals surface area (Å²) in [5.41, 5.74) is -0.487. The Morgan fingerprint density at radius 1 is 1.22 bits per heavy atom. The van der Waals surface area contributed by atoms with E-state index in [0.717, 1.165) is 38.4 Å². The van der Waals surface area contributed by atoms with E-state index >= 15 is 0 Å². The number of hydrogen-bond acceptors (Lipinski definition) is 4. The first kappa shape index (κ1) is 25.7. The fourth-order valence-corrected chi connectivity index (χ4v) is 2.62. The van der Waals surface area contributed by atoms with Crippen LogP contribution in [-0.2, 0) is 9.53 Å². The van der Waals surface area contributed by atoms with Gasteiger partial charge in [0.05, 0.1) is 0 Å². The van der Waals surface area contributed by atoms with Crippen molar-refractivity contribution >= 4 is 41.9 Å². The maximum Gasteiger partial charge on any atom is 0.407 e. The number of rotatable bonds is 7. The van der Waals surface area contributed by atoms with Crippen molar-refractivity contribution in [1.29, 1.82) is 0 Å². The fraction of sp³-hybridized carbons (Fsp3) is 0.833. The zero-order valence-corrected chi connectivity index (χ0v) is 19.6. The van der Waals surface area contributed by atoms with Gasteiger partial charge in [-0.3, -0.25) is 9.79 Å². The molecule has 1 rings (SSSR count). The Morgan fingerprint density at radius 2 is 1.93 bits per heavy atom. The van der Waals surface area contributed by atoms with Gasteiger partial charge in [0.15, 0.2) is 5.96 Å². The van der Waals surface area contributed by atoms with Gasteiger partial charge in [-0.15, -0.1) is 24.0 Å². The average molecular weight is 497 g/mol. The fourth-order valence-electron chi connectivity index (χ4n) is 2.62. The van der Waals surface area contributed by atoms with Gasteiger partial charge in [0.2, 0.25) is 5.91 Å². The molecule has 0 aromatic carbocycles. The van der Waals surface area contributed by atoms with Gasteiger partial charge in [-0.25, -0.2) is 4.79 Å². The predicted octanol–water partition coefficient (Wildman–Crippen LogP) is 2.09. The van der Waals surface area contributed by atoms with E-state index < -0.39 is 11.7 Å². The molecule has 0 spiro atoms. The number of nitrogens with one attached hydrogen (secondary N) is 3. The molecule has 0 aromatic rings. The van der Waals surface area contributed by atoms with E-state index in [0.29, 0.717) is 19.5 Å². The third-order valence-corrected chi connectivity index (χ3v) is 3.80. The Bertz CT molecular complexity index is 494. The van der Waals surface area contributed by atoms with Gasteiger partial charge >= 0.3 is 6.09 Å². The number of likely N-dealkylation sites (tertiary alicyclic amines) is 1. The molecule has 1 fully saturated rings. The van der Waals surface area contributed by atoms with E-state index in [-0.39, 0.29) is 35.9 Å². The third kappa shape index (κ3) is 11.2. The second kappa shape index (κ2) is 13.0. The first-order chi connectivity index (χ1) is 12.2. The number of guanidine groups is 1. The third-order valence-electron chi connectivity index (χ3n) is 3.80. The van der Waals surface area contributed by atoms with Crippen LogP contribution in [0, 0.1) is 0 Å². The summed E-state index contributed by atoms with van der Waals surface area (Å²) in [6.07, 6.45) is 1.79. The first-order valence-electron chi connectivity index (χ1n) is 9.54. The molecular weight excluding hydrogens is 461 g/mol. The van der Waals surface area contributed by atoms with E-state index in [1.54, 1.807) is 0 Å². The van der Waals surface area contributed by atoms with Crippen LogP contribution in [0.1, 0.15) is 53.9 Å². The molecule has 1 atom stereocenters. The topological polar surface area (TPSA) is 95.1 Å². The van der Waals surface area contributed by atoms with Crippen molar-refractivity contribution in [3.8, 4) is 0 Å². The molecule has 0 radical (unpaired) electrons. The number of aliphatic imine (C=N–C) groups is 1. The van der Waals surface area contributed by atoms with Gasteiger partial charge < -0.3 is 25.6 Å². The largest absolute Gasteiger partial charge is 0.444 e. The van der Waals surface area contributed by atoms with Crippen molar-refractivity contribution in [2.75, 3.05) is 32.7 Å². The van der Waals surface area contributed by atoms with E-state index in [4.69, 9.17) is 4.74 Å². The molecule has 158 valence electrons. The molecule has 1 heterocycles. The van der Waals surface area contributed by atoms with Crippen molar-refractivity contribution in [2.45, 2.75) is 65.5 Å². The molecule has 3 N–H and O–H groups in total. The van der Waals surface area contributed by atoms with Crippen LogP contribution in [0.2, 0.25) is 0 Å². The van der Waals surface area contributed by atoms with Gasteiger partial charge in [-0.1, -0.05) is 6.92 Å². The highest BCUT2D eigenvalue weighted by molar-refractivity contribution is 14.0. The van der Waals surface area contributed by atoms with Crippen LogP contribution in [0.25, 0.3) is 0 Å². The van der Waals surface area contributed by atoms with Crippen LogP contribution >= 0.6 is 24.0 Å². The molecule has 27 heavy (non-hydrogen) atoms. The van der Waals surface area contributed by atoms with Crippen molar-refractivity contribution in [1.82, 2.24) is 20.9 Å². The molecule has 1 unspecified atom stereocenters. The van der Waals surface area contributed by atoms with Gasteiger partial charge in [-0.05, 0) is 40.5 Å². The highest BCUT2D eigenvalue weighted by Gasteiger charge is 2.25. The first-order valence-corrected chi connectivity index (χ1v) is 9.54. The zero-order chi connectivity index (χ0) is 19.6. The van der Waals surface area contributed by atoms with Gasteiger partial charge in [0, 0.05) is 45.2 Å². The molecule has 0 saturated carbocycles. The molecular formula is C18H36IN5O3. The Labute approximate surface area is 180 Å². The number of nitrogens with zero attached hydrogens (tertiary/aromatic N) is 2. The second-order valence-corrected chi connectivity index (χ2v) is 7.37. The Balaban J connectivity index is 0.00000676. The molecule has 0 aromatic heterocycles. The van der Waals surface area contributed by atoms with Crippen LogP contribution in [0.4, 0.5) is 4.79 Å². The van der Waals surface area contributed by atoms with Gasteiger partial charge in [0.25, 0.3) is 0 Å². The number of carbonyl (C=O) groups is 2. The summed E-state index contributed by atoms with van der Waals surface area (Å²) in [6, 6.07) is 0.225. The molecule has 0 aliphatic carbocycles. The Morgan fingerprint density at radius 3 is 2.52 bits per heavy atom. The van der Waals surface area contributed by atoms with Gasteiger partial charge in [0.1, 0.15) is 5.60 Å². The summed E-state index contributed by atoms with van der Waals surface area (Å²) in [5, 5.41) is 9.34. The minimum atomic E-state index is -0.487. The summed E-state index contributed by atoms with van der Waals surface area (Å²) in [6.45, 7) is 12.8. The summed E-state index contributed by atoms with van der Waals surface area (Å²) >= 11 is 0. The minimum Gasteiger partial charge on any atom is -0.444 e. The monoisotopic (exact) mass is 497 g/mol. The molecule has 0 bridgehead atoms. The number of carbonyl (C=O) groups excluding carboxylic acids is 2. The quantitative estimate of drug-likeness (QED) is 0.217. The zero-order valence-electron chi connectivity index (χ0n) is 17.3. The Hall–Kier alpha value is -1.26. The standard InChI is InChI=1S/C18H35N5O3.HI/c1-6-15(24)23-12-9-14(13-23)22-16(19-7-2)20-10-8-11-21-17(25)26-18(3,4)5;/h14H,6-13H2,1-5H3,(H,21,25)(H2,19,20,22);1H. The average Bonchev–Trinajstić information content (AvgIpc) is 3.00. The van der Waals surface area contributed by atoms with E-state index in [1.807, 2.05) is 39.5 Å². The normalized spacial score (nSPS) is 17.1. The SMILES string of the molecule is CCNC(=NCCCNC(=O)OC(C)(C)C)NC1CCN(C(=O)CC)C1.I. The maximum absolute atomic E-state index is 11.8. The summed E-state index contributed by atoms with van der Waals surface area (Å²) in [4.78, 5) is 29.8. The highest BCUT2D eigenvalue weighted by atomic mass is 127. The number of amides is 2. The molecule has 1 aliphatic rings. The molecule has 8 nitrogen and oxygen atoms in total. The minimum absolute atomic E-state index is 0. The predicted molar refractivity (Wildman–Crippen MR) is 119 cm³/mol. The van der Waals surface area contributed by atoms with Crippen LogP contribution in [-0.4, -0.2) is 67.2 Å². The molecule has 1 saturated heterocycles. The molecule has 2 amide bonds.